The summed E-state index contributed by atoms with van der Waals surface area (Å²) in [6.07, 6.45) is 7.74. The number of nitrogens with one attached hydrogen (secondary N) is 1. The van der Waals surface area contributed by atoms with Crippen molar-refractivity contribution in [2.75, 3.05) is 0 Å². The number of rotatable bonds is 4. The first-order valence-electron chi connectivity index (χ1n) is 5.82. The van der Waals surface area contributed by atoms with Crippen molar-refractivity contribution < 1.29 is 0 Å². The molecular weight excluding hydrogens is 200 g/mol. The third-order valence-electron chi connectivity index (χ3n) is 2.98. The van der Waals surface area contributed by atoms with Gasteiger partial charge < -0.3 is 0 Å². The fraction of sp³-hybridized carbons (Fsp3) is 0.500. The predicted octanol–water partition coefficient (Wildman–Crippen LogP) is 1.92. The highest BCUT2D eigenvalue weighted by Crippen LogP contribution is 2.30. The van der Waals surface area contributed by atoms with Crippen molar-refractivity contribution in [2.45, 2.75) is 32.7 Å². The highest BCUT2D eigenvalue weighted by atomic mass is 15.3. The molecule has 1 aliphatic rings. The minimum Gasteiger partial charge on any atom is -0.282 e. The summed E-state index contributed by atoms with van der Waals surface area (Å²) in [5.74, 6) is 0.877. The molecule has 3 rings (SSSR count). The molecule has 0 bridgehead atoms. The summed E-state index contributed by atoms with van der Waals surface area (Å²) >= 11 is 0. The van der Waals surface area contributed by atoms with Gasteiger partial charge in [-0.2, -0.15) is 10.2 Å². The maximum absolute atomic E-state index is 4.38. The van der Waals surface area contributed by atoms with Gasteiger partial charge in [-0.1, -0.05) is 0 Å². The van der Waals surface area contributed by atoms with E-state index in [4.69, 9.17) is 0 Å². The second-order valence-corrected chi connectivity index (χ2v) is 4.73. The molecule has 1 saturated carbocycles. The molecule has 0 atom stereocenters. The van der Waals surface area contributed by atoms with Crippen LogP contribution in [0.25, 0.3) is 0 Å². The zero-order valence-corrected chi connectivity index (χ0v) is 9.48. The van der Waals surface area contributed by atoms with Crippen molar-refractivity contribution in [1.82, 2.24) is 20.0 Å². The Morgan fingerprint density at radius 1 is 1.50 bits per heavy atom. The number of aromatic amines is 1. The van der Waals surface area contributed by atoms with Gasteiger partial charge in [0.2, 0.25) is 0 Å². The van der Waals surface area contributed by atoms with Crippen LogP contribution in [0.1, 0.15) is 29.8 Å². The van der Waals surface area contributed by atoms with Gasteiger partial charge in [-0.3, -0.25) is 9.78 Å². The molecule has 0 radical (unpaired) electrons. The molecule has 1 N–H and O–H groups in total. The highest BCUT2D eigenvalue weighted by molar-refractivity contribution is 5.17. The van der Waals surface area contributed by atoms with E-state index < -0.39 is 0 Å². The number of nitrogens with zero attached hydrogens (tertiary/aromatic N) is 3. The molecule has 2 aromatic heterocycles. The van der Waals surface area contributed by atoms with Crippen LogP contribution < -0.4 is 0 Å². The van der Waals surface area contributed by atoms with Crippen molar-refractivity contribution in [2.24, 2.45) is 5.92 Å². The minimum atomic E-state index is 0.877. The molecule has 84 valence electrons. The lowest BCUT2D eigenvalue weighted by Gasteiger charge is -1.96. The van der Waals surface area contributed by atoms with Crippen LogP contribution in [-0.4, -0.2) is 20.0 Å². The van der Waals surface area contributed by atoms with Crippen LogP contribution in [0.15, 0.2) is 18.5 Å². The third kappa shape index (κ3) is 2.15. The molecule has 0 aliphatic heterocycles. The summed E-state index contributed by atoms with van der Waals surface area (Å²) in [5.41, 5.74) is 3.45. The molecule has 0 spiro atoms. The predicted molar refractivity (Wildman–Crippen MR) is 61.1 cm³/mol. The van der Waals surface area contributed by atoms with E-state index in [1.54, 1.807) is 0 Å². The maximum atomic E-state index is 4.38. The largest absolute Gasteiger partial charge is 0.282 e. The molecule has 4 heteroatoms. The van der Waals surface area contributed by atoms with Gasteiger partial charge in [0.05, 0.1) is 11.9 Å². The van der Waals surface area contributed by atoms with E-state index in [0.717, 1.165) is 30.3 Å². The first-order valence-corrected chi connectivity index (χ1v) is 5.82. The van der Waals surface area contributed by atoms with Gasteiger partial charge in [0.1, 0.15) is 0 Å². The zero-order valence-electron chi connectivity index (χ0n) is 9.48. The van der Waals surface area contributed by atoms with E-state index in [1.165, 1.54) is 18.4 Å². The van der Waals surface area contributed by atoms with E-state index >= 15 is 0 Å². The minimum absolute atomic E-state index is 0.877. The van der Waals surface area contributed by atoms with Gasteiger partial charge in [0.15, 0.2) is 0 Å². The first kappa shape index (κ1) is 9.63. The zero-order chi connectivity index (χ0) is 11.0. The fourth-order valence-corrected chi connectivity index (χ4v) is 1.95. The summed E-state index contributed by atoms with van der Waals surface area (Å²) in [5, 5.41) is 11.5. The van der Waals surface area contributed by atoms with Gasteiger partial charge in [0, 0.05) is 24.9 Å². The summed E-state index contributed by atoms with van der Waals surface area (Å²) in [7, 11) is 0. The van der Waals surface area contributed by atoms with Crippen molar-refractivity contribution in [3.63, 3.8) is 0 Å². The van der Waals surface area contributed by atoms with Crippen LogP contribution in [-0.2, 0) is 13.0 Å². The third-order valence-corrected chi connectivity index (χ3v) is 2.98. The fourth-order valence-electron chi connectivity index (χ4n) is 1.95. The van der Waals surface area contributed by atoms with E-state index in [0.29, 0.717) is 0 Å². The quantitative estimate of drug-likeness (QED) is 0.848. The molecule has 0 amide bonds. The Labute approximate surface area is 94.7 Å². The SMILES string of the molecule is Cc1cc(Cc2cnn(CC3CC3)c2)[nH]n1. The van der Waals surface area contributed by atoms with Crippen molar-refractivity contribution >= 4 is 0 Å². The molecule has 0 unspecified atom stereocenters. The molecule has 1 fully saturated rings. The Morgan fingerprint density at radius 2 is 2.38 bits per heavy atom. The van der Waals surface area contributed by atoms with E-state index in [9.17, 15) is 0 Å². The lowest BCUT2D eigenvalue weighted by molar-refractivity contribution is 0.563. The monoisotopic (exact) mass is 216 g/mol. The Morgan fingerprint density at radius 3 is 3.06 bits per heavy atom. The Kier molecular flexibility index (Phi) is 2.27. The van der Waals surface area contributed by atoms with E-state index in [-0.39, 0.29) is 0 Å². The van der Waals surface area contributed by atoms with Crippen LogP contribution in [0, 0.1) is 12.8 Å². The average molecular weight is 216 g/mol. The first-order chi connectivity index (χ1) is 7.79. The molecule has 1 aliphatic carbocycles. The smallest absolute Gasteiger partial charge is 0.0594 e. The molecule has 2 aromatic rings. The second-order valence-electron chi connectivity index (χ2n) is 4.73. The standard InChI is InChI=1S/C12H16N4/c1-9-4-12(15-14-9)5-11-6-13-16(8-11)7-10-2-3-10/h4,6,8,10H,2-3,5,7H2,1H3,(H,14,15). The van der Waals surface area contributed by atoms with Crippen LogP contribution in [0.4, 0.5) is 0 Å². The van der Waals surface area contributed by atoms with Crippen molar-refractivity contribution in [1.29, 1.82) is 0 Å². The highest BCUT2D eigenvalue weighted by Gasteiger charge is 2.21. The number of H-pyrrole nitrogens is 1. The number of hydrogen-bond donors (Lipinski definition) is 1. The van der Waals surface area contributed by atoms with Gasteiger partial charge in [0.25, 0.3) is 0 Å². The lowest BCUT2D eigenvalue weighted by Crippen LogP contribution is -1.99. The second kappa shape index (κ2) is 3.77. The van der Waals surface area contributed by atoms with E-state index in [2.05, 4.69) is 32.2 Å². The lowest BCUT2D eigenvalue weighted by atomic mass is 10.2. The number of aryl methyl sites for hydroxylation is 1. The Hall–Kier alpha value is -1.58. The van der Waals surface area contributed by atoms with Gasteiger partial charge >= 0.3 is 0 Å². The van der Waals surface area contributed by atoms with Crippen molar-refractivity contribution in [3.8, 4) is 0 Å². The van der Waals surface area contributed by atoms with Crippen LogP contribution >= 0.6 is 0 Å². The molecule has 2 heterocycles. The topological polar surface area (TPSA) is 46.5 Å². The molecular formula is C12H16N4. The normalized spacial score (nSPS) is 15.6. The molecule has 0 saturated heterocycles. The maximum Gasteiger partial charge on any atom is 0.0594 e. The van der Waals surface area contributed by atoms with Gasteiger partial charge in [-0.05, 0) is 37.3 Å². The van der Waals surface area contributed by atoms with Crippen LogP contribution in [0.2, 0.25) is 0 Å². The van der Waals surface area contributed by atoms with Crippen LogP contribution in [0.3, 0.4) is 0 Å². The average Bonchev–Trinajstić information content (AvgIpc) is 2.80. The summed E-state index contributed by atoms with van der Waals surface area (Å²) in [6, 6.07) is 2.08. The van der Waals surface area contributed by atoms with Crippen LogP contribution in [0.5, 0.6) is 0 Å². The molecule has 0 aromatic carbocycles. The Balaban J connectivity index is 1.67. The summed E-state index contributed by atoms with van der Waals surface area (Å²) in [6.45, 7) is 3.08. The van der Waals surface area contributed by atoms with E-state index in [1.807, 2.05) is 13.1 Å². The molecule has 4 nitrogen and oxygen atoms in total. The van der Waals surface area contributed by atoms with Gasteiger partial charge in [-0.15, -0.1) is 0 Å². The Bertz CT molecular complexity index is 479. The van der Waals surface area contributed by atoms with Gasteiger partial charge in [-0.25, -0.2) is 0 Å². The van der Waals surface area contributed by atoms with Crippen molar-refractivity contribution in [3.05, 3.63) is 35.4 Å². The summed E-state index contributed by atoms with van der Waals surface area (Å²) in [4.78, 5) is 0. The summed E-state index contributed by atoms with van der Waals surface area (Å²) < 4.78 is 2.07. The number of aromatic nitrogens is 4. The number of hydrogen-bond acceptors (Lipinski definition) is 2. The molecule has 16 heavy (non-hydrogen) atoms.